The summed E-state index contributed by atoms with van der Waals surface area (Å²) >= 11 is 1.53. The van der Waals surface area contributed by atoms with Gasteiger partial charge in [0, 0.05) is 17.5 Å². The minimum atomic E-state index is -0.0785. The average molecular weight is 511 g/mol. The molecule has 0 fully saturated rings. The Hall–Kier alpha value is -3.81. The average Bonchev–Trinajstić information content (AvgIpc) is 3.37. The molecule has 2 aromatic heterocycles. The van der Waals surface area contributed by atoms with Crippen molar-refractivity contribution in [3.8, 4) is 17.0 Å². The van der Waals surface area contributed by atoms with Crippen LogP contribution < -0.4 is 9.64 Å². The van der Waals surface area contributed by atoms with Crippen molar-refractivity contribution in [2.75, 3.05) is 39.2 Å². The Kier molecular flexibility index (Phi) is 7.17. The smallest absolute Gasteiger partial charge is 0.260 e. The Morgan fingerprint density at radius 2 is 1.70 bits per heavy atom. The number of methoxy groups -OCH3 is 1. The quantitative estimate of drug-likeness (QED) is 0.241. The summed E-state index contributed by atoms with van der Waals surface area (Å²) in [6, 6.07) is 23.7. The summed E-state index contributed by atoms with van der Waals surface area (Å²) in [4.78, 5) is 28.1. The number of fused-ring (bicyclic) bond motifs is 2. The number of nitrogens with zero attached hydrogens (tertiary/aromatic N) is 4. The molecule has 0 spiro atoms. The van der Waals surface area contributed by atoms with Crippen molar-refractivity contribution in [3.63, 3.8) is 0 Å². The molecule has 5 rings (SSSR count). The second-order valence-electron chi connectivity index (χ2n) is 9.31. The molecule has 0 unspecified atom stereocenters. The number of aryl methyl sites for hydroxylation is 1. The van der Waals surface area contributed by atoms with Gasteiger partial charge in [-0.3, -0.25) is 9.69 Å². The third-order valence-corrected chi connectivity index (χ3v) is 7.60. The zero-order valence-electron chi connectivity index (χ0n) is 21.6. The van der Waals surface area contributed by atoms with Crippen LogP contribution in [0.2, 0.25) is 0 Å². The minimum absolute atomic E-state index is 0.0785. The molecule has 1 amide bonds. The van der Waals surface area contributed by atoms with Crippen LogP contribution in [0.5, 0.6) is 5.75 Å². The normalized spacial score (nSPS) is 11.4. The summed E-state index contributed by atoms with van der Waals surface area (Å²) in [7, 11) is 5.73. The predicted octanol–water partition coefficient (Wildman–Crippen LogP) is 6.43. The van der Waals surface area contributed by atoms with Gasteiger partial charge in [0.2, 0.25) is 0 Å². The standard InChI is InChI=1S/C30H30N4O2S/c1-20-15-16-26(36-4)27-28(20)37-30(32-27)34(18-10-17-33(2)3)29(35)23-19-25(21-11-6-5-7-12-21)31-24-14-9-8-13-22(23)24/h5-9,11-16,19H,10,17-18H2,1-4H3. The first-order valence-electron chi connectivity index (χ1n) is 12.3. The van der Waals surface area contributed by atoms with E-state index in [9.17, 15) is 4.79 Å². The lowest BCUT2D eigenvalue weighted by atomic mass is 10.0. The van der Waals surface area contributed by atoms with Crippen LogP contribution in [0.25, 0.3) is 32.4 Å². The fourth-order valence-electron chi connectivity index (χ4n) is 4.46. The third kappa shape index (κ3) is 5.05. The highest BCUT2D eigenvalue weighted by Crippen LogP contribution is 2.37. The Balaban J connectivity index is 1.65. The van der Waals surface area contributed by atoms with Crippen molar-refractivity contribution < 1.29 is 9.53 Å². The molecule has 5 aromatic rings. The maximum Gasteiger partial charge on any atom is 0.260 e. The fraction of sp³-hybridized carbons (Fsp3) is 0.233. The topological polar surface area (TPSA) is 58.6 Å². The number of aromatic nitrogens is 2. The summed E-state index contributed by atoms with van der Waals surface area (Å²) in [5.41, 5.74) is 5.07. The first-order chi connectivity index (χ1) is 18.0. The van der Waals surface area contributed by atoms with Crippen LogP contribution in [0.15, 0.2) is 72.8 Å². The van der Waals surface area contributed by atoms with Crippen LogP contribution in [-0.2, 0) is 0 Å². The number of carbonyl (C=O) groups is 1. The molecule has 6 nitrogen and oxygen atoms in total. The van der Waals surface area contributed by atoms with Crippen LogP contribution in [0.1, 0.15) is 22.3 Å². The highest BCUT2D eigenvalue weighted by Gasteiger charge is 2.25. The Morgan fingerprint density at radius 1 is 0.946 bits per heavy atom. The summed E-state index contributed by atoms with van der Waals surface area (Å²) in [5, 5.41) is 1.51. The number of ether oxygens (including phenoxy) is 1. The van der Waals surface area contributed by atoms with E-state index in [1.54, 1.807) is 7.11 Å². The van der Waals surface area contributed by atoms with E-state index >= 15 is 0 Å². The van der Waals surface area contributed by atoms with E-state index in [0.29, 0.717) is 23.0 Å². The van der Waals surface area contributed by atoms with E-state index in [1.165, 1.54) is 11.3 Å². The van der Waals surface area contributed by atoms with Crippen LogP contribution in [0.4, 0.5) is 5.13 Å². The lowest BCUT2D eigenvalue weighted by Crippen LogP contribution is -2.33. The molecule has 0 aliphatic carbocycles. The number of hydrogen-bond donors (Lipinski definition) is 0. The molecule has 188 valence electrons. The minimum Gasteiger partial charge on any atom is -0.494 e. The summed E-state index contributed by atoms with van der Waals surface area (Å²) < 4.78 is 6.61. The first-order valence-corrected chi connectivity index (χ1v) is 13.1. The van der Waals surface area contributed by atoms with Gasteiger partial charge in [-0.05, 0) is 57.7 Å². The third-order valence-electron chi connectivity index (χ3n) is 6.39. The lowest BCUT2D eigenvalue weighted by Gasteiger charge is -2.22. The van der Waals surface area contributed by atoms with E-state index < -0.39 is 0 Å². The Labute approximate surface area is 221 Å². The molecule has 0 aliphatic heterocycles. The summed E-state index contributed by atoms with van der Waals surface area (Å²) in [5.74, 6) is 0.634. The van der Waals surface area contributed by atoms with Crippen molar-refractivity contribution in [1.29, 1.82) is 0 Å². The highest BCUT2D eigenvalue weighted by molar-refractivity contribution is 7.22. The van der Waals surface area contributed by atoms with Gasteiger partial charge in [-0.2, -0.15) is 0 Å². The van der Waals surface area contributed by atoms with Crippen molar-refractivity contribution in [2.45, 2.75) is 13.3 Å². The fourth-order valence-corrected chi connectivity index (χ4v) is 5.54. The molecule has 0 aliphatic rings. The molecule has 0 N–H and O–H groups in total. The number of anilines is 1. The molecular weight excluding hydrogens is 480 g/mol. The second kappa shape index (κ2) is 10.7. The van der Waals surface area contributed by atoms with Crippen molar-refractivity contribution in [1.82, 2.24) is 14.9 Å². The number of rotatable bonds is 8. The zero-order valence-corrected chi connectivity index (χ0v) is 22.4. The Morgan fingerprint density at radius 3 is 2.46 bits per heavy atom. The van der Waals surface area contributed by atoms with Gasteiger partial charge in [0.05, 0.1) is 28.6 Å². The van der Waals surface area contributed by atoms with E-state index in [1.807, 2.05) is 91.8 Å². The molecular formula is C30H30N4O2S. The van der Waals surface area contributed by atoms with Crippen LogP contribution in [0, 0.1) is 6.92 Å². The molecule has 0 saturated carbocycles. The number of benzene rings is 3. The zero-order chi connectivity index (χ0) is 25.9. The number of carbonyl (C=O) groups excluding carboxylic acids is 1. The van der Waals surface area contributed by atoms with Gasteiger partial charge < -0.3 is 9.64 Å². The van der Waals surface area contributed by atoms with Crippen molar-refractivity contribution >= 4 is 43.5 Å². The van der Waals surface area contributed by atoms with Crippen LogP contribution in [0.3, 0.4) is 0 Å². The number of para-hydroxylation sites is 1. The van der Waals surface area contributed by atoms with Crippen molar-refractivity contribution in [2.24, 2.45) is 0 Å². The van der Waals surface area contributed by atoms with Gasteiger partial charge in [0.25, 0.3) is 5.91 Å². The van der Waals surface area contributed by atoms with Gasteiger partial charge in [-0.25, -0.2) is 9.97 Å². The van der Waals surface area contributed by atoms with Gasteiger partial charge in [-0.15, -0.1) is 0 Å². The van der Waals surface area contributed by atoms with Crippen LogP contribution >= 0.6 is 11.3 Å². The maximum absolute atomic E-state index is 14.4. The number of pyridine rings is 1. The predicted molar refractivity (Wildman–Crippen MR) is 153 cm³/mol. The molecule has 0 atom stereocenters. The van der Waals surface area contributed by atoms with E-state index in [0.717, 1.165) is 50.9 Å². The second-order valence-corrected chi connectivity index (χ2v) is 10.3. The SMILES string of the molecule is COc1ccc(C)c2sc(N(CCCN(C)C)C(=O)c3cc(-c4ccccc4)nc4ccccc34)nc12. The van der Waals surface area contributed by atoms with Gasteiger partial charge >= 0.3 is 0 Å². The van der Waals surface area contributed by atoms with E-state index in [4.69, 9.17) is 14.7 Å². The van der Waals surface area contributed by atoms with Gasteiger partial charge in [0.1, 0.15) is 11.3 Å². The first kappa shape index (κ1) is 24.9. The largest absolute Gasteiger partial charge is 0.494 e. The monoisotopic (exact) mass is 510 g/mol. The molecule has 3 aromatic carbocycles. The van der Waals surface area contributed by atoms with Crippen LogP contribution in [-0.4, -0.2) is 55.1 Å². The molecule has 37 heavy (non-hydrogen) atoms. The highest BCUT2D eigenvalue weighted by atomic mass is 32.1. The van der Waals surface area contributed by atoms with Crippen molar-refractivity contribution in [3.05, 3.63) is 83.9 Å². The molecule has 0 radical (unpaired) electrons. The van der Waals surface area contributed by atoms with E-state index in [-0.39, 0.29) is 5.91 Å². The summed E-state index contributed by atoms with van der Waals surface area (Å²) in [6.45, 7) is 3.48. The number of hydrogen-bond acceptors (Lipinski definition) is 6. The maximum atomic E-state index is 14.4. The molecule has 0 bridgehead atoms. The van der Waals surface area contributed by atoms with Gasteiger partial charge in [-0.1, -0.05) is 65.9 Å². The van der Waals surface area contributed by atoms with E-state index in [2.05, 4.69) is 11.8 Å². The molecule has 0 saturated heterocycles. The number of amides is 1. The Bertz CT molecular complexity index is 1560. The number of thiazole rings is 1. The lowest BCUT2D eigenvalue weighted by molar-refractivity contribution is 0.0987. The van der Waals surface area contributed by atoms with Gasteiger partial charge in [0.15, 0.2) is 5.13 Å². The molecule has 7 heteroatoms. The summed E-state index contributed by atoms with van der Waals surface area (Å²) in [6.07, 6.45) is 0.819. The molecule has 2 heterocycles.